The number of ether oxygens (including phenoxy) is 1. The lowest BCUT2D eigenvalue weighted by Crippen LogP contribution is -2.22. The van der Waals surface area contributed by atoms with Crippen molar-refractivity contribution in [2.24, 2.45) is 0 Å². The van der Waals surface area contributed by atoms with Crippen LogP contribution in [-0.4, -0.2) is 13.1 Å². The third kappa shape index (κ3) is 3.93. The van der Waals surface area contributed by atoms with Gasteiger partial charge in [0.1, 0.15) is 5.75 Å². The van der Waals surface area contributed by atoms with Crippen LogP contribution in [0.15, 0.2) is 24.3 Å². The third-order valence-electron chi connectivity index (χ3n) is 2.43. The van der Waals surface area contributed by atoms with E-state index >= 15 is 0 Å². The fourth-order valence-corrected chi connectivity index (χ4v) is 1.53. The number of para-hydroxylation sites is 1. The van der Waals surface area contributed by atoms with E-state index in [1.807, 2.05) is 24.3 Å². The van der Waals surface area contributed by atoms with Gasteiger partial charge in [0.05, 0.1) is 0 Å². The number of rotatable bonds is 5. The Morgan fingerprint density at radius 2 is 2.06 bits per heavy atom. The lowest BCUT2D eigenvalue weighted by atomic mass is 10.1. The molecule has 16 heavy (non-hydrogen) atoms. The zero-order chi connectivity index (χ0) is 11.8. The monoisotopic (exact) mass is 221 g/mol. The van der Waals surface area contributed by atoms with Gasteiger partial charge in [0.2, 0.25) is 0 Å². The van der Waals surface area contributed by atoms with E-state index in [-0.39, 0.29) is 0 Å². The molecule has 0 spiro atoms. The van der Waals surface area contributed by atoms with Crippen LogP contribution in [0.5, 0.6) is 5.75 Å². The van der Waals surface area contributed by atoms with Crippen LogP contribution in [0.1, 0.15) is 31.7 Å². The topological polar surface area (TPSA) is 38.3 Å². The summed E-state index contributed by atoms with van der Waals surface area (Å²) in [5, 5.41) is 2.45. The molecule has 0 heterocycles. The van der Waals surface area contributed by atoms with Gasteiger partial charge < -0.3 is 10.1 Å². The minimum absolute atomic E-state index is 0.414. The zero-order valence-electron chi connectivity index (χ0n) is 9.95. The van der Waals surface area contributed by atoms with E-state index in [1.54, 1.807) is 7.05 Å². The number of hydrogen-bond donors (Lipinski definition) is 1. The van der Waals surface area contributed by atoms with Crippen LogP contribution in [0.25, 0.3) is 0 Å². The number of aryl methyl sites for hydroxylation is 1. The highest BCUT2D eigenvalue weighted by molar-refractivity contribution is 5.70. The lowest BCUT2D eigenvalue weighted by Gasteiger charge is -2.09. The molecule has 0 aromatic heterocycles. The zero-order valence-corrected chi connectivity index (χ0v) is 9.95. The number of carbonyl (C=O) groups is 1. The number of benzene rings is 1. The first-order valence-corrected chi connectivity index (χ1v) is 5.75. The van der Waals surface area contributed by atoms with Crippen LogP contribution in [0.4, 0.5) is 4.79 Å². The second kappa shape index (κ2) is 6.88. The smallest absolute Gasteiger partial charge is 0.410 e. The van der Waals surface area contributed by atoms with E-state index in [4.69, 9.17) is 4.74 Å². The minimum Gasteiger partial charge on any atom is -0.410 e. The molecule has 88 valence electrons. The van der Waals surface area contributed by atoms with E-state index in [9.17, 15) is 4.79 Å². The van der Waals surface area contributed by atoms with Gasteiger partial charge in [-0.3, -0.25) is 0 Å². The van der Waals surface area contributed by atoms with Gasteiger partial charge in [0.15, 0.2) is 0 Å². The predicted molar refractivity (Wildman–Crippen MR) is 64.8 cm³/mol. The number of hydrogen-bond acceptors (Lipinski definition) is 2. The van der Waals surface area contributed by atoms with Crippen LogP contribution >= 0.6 is 0 Å². The van der Waals surface area contributed by atoms with Crippen molar-refractivity contribution >= 4 is 6.09 Å². The molecule has 0 unspecified atom stereocenters. The normalized spacial score (nSPS) is 9.88. The van der Waals surface area contributed by atoms with Gasteiger partial charge >= 0.3 is 6.09 Å². The standard InChI is InChI=1S/C13H19NO2/c1-3-4-5-8-11-9-6-7-10-12(11)16-13(15)14-2/h6-7,9-10H,3-5,8H2,1-2H3,(H,14,15). The van der Waals surface area contributed by atoms with Crippen molar-refractivity contribution in [1.29, 1.82) is 0 Å². The van der Waals surface area contributed by atoms with Crippen molar-refractivity contribution in [3.8, 4) is 5.75 Å². The Balaban J connectivity index is 2.63. The molecule has 0 fully saturated rings. The van der Waals surface area contributed by atoms with E-state index < -0.39 is 6.09 Å². The van der Waals surface area contributed by atoms with Crippen LogP contribution < -0.4 is 10.1 Å². The van der Waals surface area contributed by atoms with Crippen molar-refractivity contribution in [2.75, 3.05) is 7.05 Å². The Labute approximate surface area is 96.8 Å². The Morgan fingerprint density at radius 1 is 1.31 bits per heavy atom. The lowest BCUT2D eigenvalue weighted by molar-refractivity contribution is 0.202. The number of carbonyl (C=O) groups excluding carboxylic acids is 1. The van der Waals surface area contributed by atoms with Crippen LogP contribution in [-0.2, 0) is 6.42 Å². The summed E-state index contributed by atoms with van der Waals surface area (Å²) >= 11 is 0. The predicted octanol–water partition coefficient (Wildman–Crippen LogP) is 3.14. The molecule has 1 rings (SSSR count). The molecule has 0 bridgehead atoms. The van der Waals surface area contributed by atoms with Crippen molar-refractivity contribution in [1.82, 2.24) is 5.32 Å². The highest BCUT2D eigenvalue weighted by Gasteiger charge is 2.06. The fraction of sp³-hybridized carbons (Fsp3) is 0.462. The van der Waals surface area contributed by atoms with Gasteiger partial charge in [-0.05, 0) is 24.5 Å². The molecule has 0 atom stereocenters. The number of amides is 1. The molecule has 1 N–H and O–H groups in total. The molecule has 0 aliphatic carbocycles. The molecular formula is C13H19NO2. The summed E-state index contributed by atoms with van der Waals surface area (Å²) in [5.41, 5.74) is 1.10. The van der Waals surface area contributed by atoms with Gasteiger partial charge in [-0.25, -0.2) is 4.79 Å². The maximum absolute atomic E-state index is 11.1. The summed E-state index contributed by atoms with van der Waals surface area (Å²) < 4.78 is 5.18. The van der Waals surface area contributed by atoms with Gasteiger partial charge in [-0.1, -0.05) is 38.0 Å². The quantitative estimate of drug-likeness (QED) is 0.776. The van der Waals surface area contributed by atoms with Crippen molar-refractivity contribution < 1.29 is 9.53 Å². The summed E-state index contributed by atoms with van der Waals surface area (Å²) in [6.45, 7) is 2.17. The summed E-state index contributed by atoms with van der Waals surface area (Å²) in [5.74, 6) is 0.665. The Morgan fingerprint density at radius 3 is 2.75 bits per heavy atom. The fourth-order valence-electron chi connectivity index (χ4n) is 1.53. The van der Waals surface area contributed by atoms with Crippen molar-refractivity contribution in [3.63, 3.8) is 0 Å². The first-order valence-electron chi connectivity index (χ1n) is 5.75. The van der Waals surface area contributed by atoms with Crippen LogP contribution in [0.2, 0.25) is 0 Å². The van der Waals surface area contributed by atoms with E-state index in [0.29, 0.717) is 5.75 Å². The maximum Gasteiger partial charge on any atom is 0.412 e. The number of unbranched alkanes of at least 4 members (excludes halogenated alkanes) is 2. The number of nitrogens with one attached hydrogen (secondary N) is 1. The molecule has 3 heteroatoms. The average Bonchev–Trinajstić information content (AvgIpc) is 2.31. The highest BCUT2D eigenvalue weighted by Crippen LogP contribution is 2.20. The maximum atomic E-state index is 11.1. The highest BCUT2D eigenvalue weighted by atomic mass is 16.6. The summed E-state index contributed by atoms with van der Waals surface area (Å²) in [6.07, 6.45) is 4.07. The van der Waals surface area contributed by atoms with Gasteiger partial charge in [0.25, 0.3) is 0 Å². The molecule has 0 aliphatic rings. The van der Waals surface area contributed by atoms with E-state index in [0.717, 1.165) is 18.4 Å². The molecule has 0 radical (unpaired) electrons. The molecule has 0 saturated heterocycles. The minimum atomic E-state index is -0.414. The second-order valence-electron chi connectivity index (χ2n) is 3.70. The first-order chi connectivity index (χ1) is 7.77. The molecule has 0 aliphatic heterocycles. The molecule has 3 nitrogen and oxygen atoms in total. The summed E-state index contributed by atoms with van der Waals surface area (Å²) in [6, 6.07) is 7.68. The Kier molecular flexibility index (Phi) is 5.40. The molecule has 1 aromatic rings. The van der Waals surface area contributed by atoms with Gasteiger partial charge in [-0.15, -0.1) is 0 Å². The Hall–Kier alpha value is -1.51. The molecule has 0 saturated carbocycles. The van der Waals surface area contributed by atoms with Crippen molar-refractivity contribution in [2.45, 2.75) is 32.6 Å². The largest absolute Gasteiger partial charge is 0.412 e. The van der Waals surface area contributed by atoms with Crippen molar-refractivity contribution in [3.05, 3.63) is 29.8 Å². The summed E-state index contributed by atoms with van der Waals surface area (Å²) in [4.78, 5) is 11.1. The van der Waals surface area contributed by atoms with Crippen LogP contribution in [0.3, 0.4) is 0 Å². The molecular weight excluding hydrogens is 202 g/mol. The molecule has 1 aromatic carbocycles. The Bertz CT molecular complexity index is 336. The van der Waals surface area contributed by atoms with Crippen LogP contribution in [0, 0.1) is 0 Å². The third-order valence-corrected chi connectivity index (χ3v) is 2.43. The van der Waals surface area contributed by atoms with E-state index in [2.05, 4.69) is 12.2 Å². The summed E-state index contributed by atoms with van der Waals surface area (Å²) in [7, 11) is 1.56. The SMILES string of the molecule is CCCCCc1ccccc1OC(=O)NC. The second-order valence-corrected chi connectivity index (χ2v) is 3.70. The van der Waals surface area contributed by atoms with Gasteiger partial charge in [0, 0.05) is 7.05 Å². The first kappa shape index (κ1) is 12.6. The average molecular weight is 221 g/mol. The molecule has 1 amide bonds. The van der Waals surface area contributed by atoms with Gasteiger partial charge in [-0.2, -0.15) is 0 Å². The van der Waals surface area contributed by atoms with E-state index in [1.165, 1.54) is 12.8 Å².